The molecule has 0 spiro atoms. The molecule has 1 aliphatic rings. The van der Waals surface area contributed by atoms with Crippen LogP contribution in [-0.2, 0) is 18.3 Å². The van der Waals surface area contributed by atoms with E-state index in [9.17, 15) is 23.6 Å². The van der Waals surface area contributed by atoms with E-state index >= 15 is 0 Å². The molecule has 0 saturated heterocycles. The number of aliphatic carboxylic acids is 1. The average molecular weight is 498 g/mol. The topological polar surface area (TPSA) is 96.0 Å². The number of nitriles is 1. The highest BCUT2D eigenvalue weighted by Crippen LogP contribution is 2.41. The summed E-state index contributed by atoms with van der Waals surface area (Å²) in [5.74, 6) is 1.96. The van der Waals surface area contributed by atoms with Crippen LogP contribution in [0.3, 0.4) is 0 Å². The van der Waals surface area contributed by atoms with Gasteiger partial charge in [0.15, 0.2) is 5.78 Å². The Kier molecular flexibility index (Phi) is 9.20. The average Bonchev–Trinajstić information content (AvgIpc) is 3.06. The zero-order valence-corrected chi connectivity index (χ0v) is 20.9. The van der Waals surface area contributed by atoms with Gasteiger partial charge in [-0.05, 0) is 31.2 Å². The van der Waals surface area contributed by atoms with Gasteiger partial charge in [0.05, 0.1) is 5.56 Å². The molecule has 36 heavy (non-hydrogen) atoms. The predicted molar refractivity (Wildman–Crippen MR) is 133 cm³/mol. The molecular formula is C28H33F2N3O3. The van der Waals surface area contributed by atoms with Crippen molar-refractivity contribution in [1.82, 2.24) is 9.55 Å². The van der Waals surface area contributed by atoms with Crippen LogP contribution in [0.15, 0.2) is 12.3 Å². The number of carboxylic acid groups (broad SMARTS) is 1. The van der Waals surface area contributed by atoms with Crippen molar-refractivity contribution in [2.24, 2.45) is 18.9 Å². The van der Waals surface area contributed by atoms with Gasteiger partial charge in [-0.2, -0.15) is 5.26 Å². The molecule has 1 N–H and O–H groups in total. The molecule has 0 unspecified atom stereocenters. The second-order valence-corrected chi connectivity index (χ2v) is 9.97. The van der Waals surface area contributed by atoms with E-state index in [-0.39, 0.29) is 43.3 Å². The molecule has 0 aromatic carbocycles. The summed E-state index contributed by atoms with van der Waals surface area (Å²) in [6.07, 6.45) is 7.55. The number of aromatic nitrogens is 2. The molecule has 1 fully saturated rings. The predicted octanol–water partition coefficient (Wildman–Crippen LogP) is 6.06. The minimum atomic E-state index is -2.52. The van der Waals surface area contributed by atoms with E-state index in [1.54, 1.807) is 13.0 Å². The van der Waals surface area contributed by atoms with E-state index < -0.39 is 11.9 Å². The van der Waals surface area contributed by atoms with Crippen molar-refractivity contribution >= 4 is 22.8 Å². The number of aryl methyl sites for hydroxylation is 1. The van der Waals surface area contributed by atoms with Crippen molar-refractivity contribution in [3.63, 3.8) is 0 Å². The molecule has 8 heteroatoms. The molecule has 1 aliphatic carbocycles. The first-order valence-corrected chi connectivity index (χ1v) is 12.6. The summed E-state index contributed by atoms with van der Waals surface area (Å²) >= 11 is 0. The van der Waals surface area contributed by atoms with Gasteiger partial charge in [0, 0.05) is 67.9 Å². The van der Waals surface area contributed by atoms with Gasteiger partial charge < -0.3 is 9.67 Å². The molecular weight excluding hydrogens is 464 g/mol. The largest absolute Gasteiger partial charge is 0.481 e. The Morgan fingerprint density at radius 2 is 1.92 bits per heavy atom. The summed E-state index contributed by atoms with van der Waals surface area (Å²) in [4.78, 5) is 28.7. The number of hydrogen-bond acceptors (Lipinski definition) is 4. The van der Waals surface area contributed by atoms with Crippen LogP contribution in [0.4, 0.5) is 8.78 Å². The third-order valence-electron chi connectivity index (χ3n) is 6.72. The molecule has 2 aromatic rings. The maximum absolute atomic E-state index is 13.3. The van der Waals surface area contributed by atoms with E-state index in [1.165, 1.54) is 6.20 Å². The number of halogens is 2. The number of ketones is 1. The molecule has 2 aromatic heterocycles. The van der Waals surface area contributed by atoms with Crippen molar-refractivity contribution in [2.75, 3.05) is 0 Å². The minimum absolute atomic E-state index is 0.0783. The number of alkyl halides is 2. The molecule has 1 atom stereocenters. The first kappa shape index (κ1) is 27.3. The van der Waals surface area contributed by atoms with Gasteiger partial charge in [-0.25, -0.2) is 13.8 Å². The highest BCUT2D eigenvalue weighted by atomic mass is 19.3. The second-order valence-electron chi connectivity index (χ2n) is 9.97. The zero-order valence-electron chi connectivity index (χ0n) is 20.9. The highest BCUT2D eigenvalue weighted by Gasteiger charge is 2.44. The Bertz CT molecular complexity index is 1210. The van der Waals surface area contributed by atoms with Crippen molar-refractivity contribution in [3.8, 4) is 17.9 Å². The van der Waals surface area contributed by atoms with E-state index in [2.05, 4.69) is 22.9 Å². The Balaban J connectivity index is 1.57. The molecule has 0 bridgehead atoms. The quantitative estimate of drug-likeness (QED) is 0.218. The number of pyridine rings is 1. The lowest BCUT2D eigenvalue weighted by Crippen LogP contribution is -2.34. The van der Waals surface area contributed by atoms with Crippen LogP contribution in [-0.4, -0.2) is 32.3 Å². The first-order chi connectivity index (χ1) is 17.1. The first-order valence-electron chi connectivity index (χ1n) is 12.6. The van der Waals surface area contributed by atoms with E-state index in [4.69, 9.17) is 5.11 Å². The number of nitrogens with zero attached hydrogens (tertiary/aromatic N) is 3. The van der Waals surface area contributed by atoms with E-state index in [0.717, 1.165) is 44.2 Å². The van der Waals surface area contributed by atoms with Crippen LogP contribution >= 0.6 is 0 Å². The summed E-state index contributed by atoms with van der Waals surface area (Å²) in [5.41, 5.74) is 2.43. The Morgan fingerprint density at radius 3 is 2.58 bits per heavy atom. The van der Waals surface area contributed by atoms with Gasteiger partial charge in [-0.1, -0.05) is 32.1 Å². The number of carbonyl (C=O) groups excluding carboxylic acids is 1. The monoisotopic (exact) mass is 497 g/mol. The number of carboxylic acids is 1. The number of carbonyl (C=O) groups is 2. The molecule has 3 rings (SSSR count). The third kappa shape index (κ3) is 7.13. The van der Waals surface area contributed by atoms with Gasteiger partial charge in [-0.3, -0.25) is 9.59 Å². The summed E-state index contributed by atoms with van der Waals surface area (Å²) in [7, 11) is 1.87. The number of fused-ring (bicyclic) bond motifs is 1. The normalized spacial score (nSPS) is 15.5. The van der Waals surface area contributed by atoms with E-state index in [0.29, 0.717) is 28.6 Å². The van der Waals surface area contributed by atoms with Crippen LogP contribution in [0.1, 0.15) is 92.7 Å². The van der Waals surface area contributed by atoms with Gasteiger partial charge >= 0.3 is 5.97 Å². The Labute approximate surface area is 210 Å². The Morgan fingerprint density at radius 1 is 1.22 bits per heavy atom. The fraction of sp³-hybridized carbons (Fsp3) is 0.571. The lowest BCUT2D eigenvalue weighted by molar-refractivity contribution is -0.137. The van der Waals surface area contributed by atoms with Crippen LogP contribution in [0.5, 0.6) is 0 Å². The van der Waals surface area contributed by atoms with Crippen LogP contribution in [0, 0.1) is 35.0 Å². The summed E-state index contributed by atoms with van der Waals surface area (Å²) in [6.45, 7) is 1.75. The fourth-order valence-electron chi connectivity index (χ4n) is 4.83. The lowest BCUT2D eigenvalue weighted by atomic mass is 9.82. The minimum Gasteiger partial charge on any atom is -0.481 e. The number of Topliss-reactive ketones (excluding diaryl/α,β-unsaturated/α-hetero) is 1. The zero-order chi connectivity index (χ0) is 26.3. The molecule has 0 amide bonds. The van der Waals surface area contributed by atoms with Crippen molar-refractivity contribution in [3.05, 3.63) is 29.1 Å². The maximum atomic E-state index is 13.3. The summed E-state index contributed by atoms with van der Waals surface area (Å²) in [5, 5.41) is 19.0. The van der Waals surface area contributed by atoms with Gasteiger partial charge in [0.2, 0.25) is 0 Å². The fourth-order valence-corrected chi connectivity index (χ4v) is 4.83. The molecule has 192 valence electrons. The van der Waals surface area contributed by atoms with Crippen LogP contribution in [0.2, 0.25) is 0 Å². The molecule has 1 saturated carbocycles. The molecule has 6 nitrogen and oxygen atoms in total. The van der Waals surface area contributed by atoms with Crippen molar-refractivity contribution in [1.29, 1.82) is 5.26 Å². The lowest BCUT2D eigenvalue weighted by Gasteiger charge is -2.31. The van der Waals surface area contributed by atoms with Gasteiger partial charge in [0.25, 0.3) is 5.92 Å². The SMILES string of the molecule is C[C@H](CC(=O)O)CC(=O)c1c(CCCCCCCC#CC2CC(F)(F)C2)n(C)c2ncc(C#N)cc12. The van der Waals surface area contributed by atoms with Crippen molar-refractivity contribution in [2.45, 2.75) is 83.5 Å². The standard InChI is InChI=1S/C28H33F2N3O3/c1-19(13-25(35)36)12-24(34)26-22-14-21(17-31)18-32-27(22)33(2)23(26)11-9-7-5-3-4-6-8-10-20-15-28(29,30)16-20/h14,18-20H,3-7,9,11-13,15-16H2,1-2H3,(H,35,36)/t19-/m0/s1. The smallest absolute Gasteiger partial charge is 0.303 e. The van der Waals surface area contributed by atoms with E-state index in [1.807, 2.05) is 11.6 Å². The summed E-state index contributed by atoms with van der Waals surface area (Å²) < 4.78 is 27.6. The van der Waals surface area contributed by atoms with Crippen LogP contribution < -0.4 is 0 Å². The Hall–Kier alpha value is -3.26. The molecule has 0 aliphatic heterocycles. The van der Waals surface area contributed by atoms with Gasteiger partial charge in [0.1, 0.15) is 11.7 Å². The van der Waals surface area contributed by atoms with Crippen molar-refractivity contribution < 1.29 is 23.5 Å². The van der Waals surface area contributed by atoms with Crippen LogP contribution in [0.25, 0.3) is 11.0 Å². The second kappa shape index (κ2) is 12.1. The van der Waals surface area contributed by atoms with Gasteiger partial charge in [-0.15, -0.1) is 5.92 Å². The number of unbranched alkanes of at least 4 members (excludes halogenated alkanes) is 5. The molecule has 2 heterocycles. The highest BCUT2D eigenvalue weighted by molar-refractivity contribution is 6.09. The molecule has 0 radical (unpaired) electrons. The number of hydrogen-bond donors (Lipinski definition) is 1. The number of rotatable bonds is 12. The maximum Gasteiger partial charge on any atom is 0.303 e. The summed E-state index contributed by atoms with van der Waals surface area (Å²) in [6, 6.07) is 3.76. The third-order valence-corrected chi connectivity index (χ3v) is 6.72.